The van der Waals surface area contributed by atoms with Crippen LogP contribution in [0.2, 0.25) is 0 Å². The summed E-state index contributed by atoms with van der Waals surface area (Å²) in [5, 5.41) is 1.81. The molecule has 8 heteroatoms. The first kappa shape index (κ1) is 17.0. The number of piperazine rings is 2. The van der Waals surface area contributed by atoms with Gasteiger partial charge in [0, 0.05) is 26.7 Å². The van der Waals surface area contributed by atoms with Gasteiger partial charge in [0.1, 0.15) is 6.04 Å². The maximum atomic E-state index is 13.1. The molecule has 2 heterocycles. The van der Waals surface area contributed by atoms with Gasteiger partial charge in [-0.05, 0) is 22.9 Å². The van der Waals surface area contributed by atoms with Gasteiger partial charge < -0.3 is 9.80 Å². The smallest absolute Gasteiger partial charge is 0.246 e. The molecule has 0 bridgehead atoms. The number of benzene rings is 2. The second-order valence-electron chi connectivity index (χ2n) is 6.67. The number of hydrogen-bond donors (Lipinski definition) is 0. The Bertz CT molecular complexity index is 1000. The van der Waals surface area contributed by atoms with Crippen LogP contribution in [-0.4, -0.2) is 73.6 Å². The predicted octanol–water partition coefficient (Wildman–Crippen LogP) is 0.513. The van der Waals surface area contributed by atoms with Crippen LogP contribution in [0.5, 0.6) is 0 Å². The molecule has 2 saturated heterocycles. The van der Waals surface area contributed by atoms with Crippen molar-refractivity contribution in [3.05, 3.63) is 42.5 Å². The van der Waals surface area contributed by atoms with E-state index >= 15 is 0 Å². The number of nitrogens with zero attached hydrogens (tertiary/aromatic N) is 3. The lowest BCUT2D eigenvalue weighted by Gasteiger charge is -2.44. The van der Waals surface area contributed by atoms with E-state index in [9.17, 15) is 18.0 Å². The fourth-order valence-electron chi connectivity index (χ4n) is 3.59. The number of likely N-dealkylation sites (N-methyl/N-ethyl adjacent to an activating group) is 1. The van der Waals surface area contributed by atoms with Crippen molar-refractivity contribution in [3.8, 4) is 0 Å². The number of rotatable bonds is 2. The Morgan fingerprint density at radius 1 is 1.00 bits per heavy atom. The minimum atomic E-state index is -3.74. The summed E-state index contributed by atoms with van der Waals surface area (Å²) < 4.78 is 27.5. The van der Waals surface area contributed by atoms with Crippen LogP contribution in [0.25, 0.3) is 10.8 Å². The first-order chi connectivity index (χ1) is 12.4. The van der Waals surface area contributed by atoms with Gasteiger partial charge in [-0.15, -0.1) is 0 Å². The van der Waals surface area contributed by atoms with Crippen LogP contribution in [0.1, 0.15) is 0 Å². The Balaban J connectivity index is 1.65. The van der Waals surface area contributed by atoms with E-state index in [2.05, 4.69) is 0 Å². The highest BCUT2D eigenvalue weighted by molar-refractivity contribution is 7.89. The van der Waals surface area contributed by atoms with E-state index in [0.717, 1.165) is 10.8 Å². The van der Waals surface area contributed by atoms with Crippen molar-refractivity contribution in [1.82, 2.24) is 14.1 Å². The molecule has 2 aromatic carbocycles. The summed E-state index contributed by atoms with van der Waals surface area (Å²) in [5.74, 6) is -0.358. The average Bonchev–Trinajstić information content (AvgIpc) is 2.65. The molecule has 2 aliphatic heterocycles. The molecule has 7 nitrogen and oxygen atoms in total. The van der Waals surface area contributed by atoms with Crippen LogP contribution in [0.3, 0.4) is 0 Å². The molecule has 4 rings (SSSR count). The number of carbonyl (C=O) groups is 2. The molecular weight excluding hydrogens is 354 g/mol. The number of hydrogen-bond acceptors (Lipinski definition) is 4. The molecule has 0 spiro atoms. The minimum absolute atomic E-state index is 0.00985. The molecule has 0 radical (unpaired) electrons. The normalized spacial score (nSPS) is 22.0. The Kier molecular flexibility index (Phi) is 3.96. The van der Waals surface area contributed by atoms with E-state index < -0.39 is 16.1 Å². The lowest BCUT2D eigenvalue weighted by atomic mass is 10.1. The van der Waals surface area contributed by atoms with Crippen molar-refractivity contribution in [2.75, 3.05) is 33.2 Å². The van der Waals surface area contributed by atoms with Crippen LogP contribution >= 0.6 is 0 Å². The summed E-state index contributed by atoms with van der Waals surface area (Å²) in [4.78, 5) is 27.6. The van der Waals surface area contributed by atoms with E-state index in [4.69, 9.17) is 0 Å². The standard InChI is InChI=1S/C18H19N3O4S/c1-19-12-17(22)21-9-8-20(11-16(21)18(19)23)26(24,25)15-7-6-13-4-2-3-5-14(13)10-15/h2-7,10,16H,8-9,11-12H2,1H3/t16-/m1/s1. The topological polar surface area (TPSA) is 78.0 Å². The molecule has 2 fully saturated rings. The van der Waals surface area contributed by atoms with Gasteiger partial charge in [0.05, 0.1) is 11.4 Å². The number of fused-ring (bicyclic) bond motifs is 2. The second-order valence-corrected chi connectivity index (χ2v) is 8.61. The first-order valence-electron chi connectivity index (χ1n) is 8.41. The molecule has 1 atom stereocenters. The SMILES string of the molecule is CN1CC(=O)N2CCN(S(=O)(=O)c3ccc4ccccc4c3)C[C@@H]2C1=O. The summed E-state index contributed by atoms with van der Waals surface area (Å²) in [7, 11) is -2.17. The molecule has 0 aliphatic carbocycles. The lowest BCUT2D eigenvalue weighted by Crippen LogP contribution is -2.66. The van der Waals surface area contributed by atoms with Gasteiger partial charge in [-0.1, -0.05) is 30.3 Å². The third-order valence-electron chi connectivity index (χ3n) is 5.06. The summed E-state index contributed by atoms with van der Waals surface area (Å²) in [6.45, 7) is 0.459. The van der Waals surface area contributed by atoms with Gasteiger partial charge in [-0.2, -0.15) is 4.31 Å². The van der Waals surface area contributed by atoms with Gasteiger partial charge in [0.2, 0.25) is 21.8 Å². The molecule has 2 aliphatic rings. The van der Waals surface area contributed by atoms with Crippen LogP contribution in [0.4, 0.5) is 0 Å². The lowest BCUT2D eigenvalue weighted by molar-refractivity contribution is -0.156. The number of sulfonamides is 1. The quantitative estimate of drug-likeness (QED) is 0.769. The van der Waals surface area contributed by atoms with Gasteiger partial charge in [-0.25, -0.2) is 8.42 Å². The molecule has 0 saturated carbocycles. The first-order valence-corrected chi connectivity index (χ1v) is 9.85. The summed E-state index contributed by atoms with van der Waals surface area (Å²) in [6.07, 6.45) is 0. The van der Waals surface area contributed by atoms with Crippen molar-refractivity contribution >= 4 is 32.6 Å². The van der Waals surface area contributed by atoms with Crippen LogP contribution in [-0.2, 0) is 19.6 Å². The van der Waals surface area contributed by atoms with Crippen molar-refractivity contribution in [2.45, 2.75) is 10.9 Å². The molecule has 2 aromatic rings. The van der Waals surface area contributed by atoms with Gasteiger partial charge in [0.15, 0.2) is 0 Å². The second kappa shape index (κ2) is 6.07. The fourth-order valence-corrected chi connectivity index (χ4v) is 5.06. The van der Waals surface area contributed by atoms with Crippen molar-refractivity contribution in [3.63, 3.8) is 0 Å². The Hall–Kier alpha value is -2.45. The van der Waals surface area contributed by atoms with Gasteiger partial charge in [0.25, 0.3) is 0 Å². The van der Waals surface area contributed by atoms with Gasteiger partial charge in [-0.3, -0.25) is 9.59 Å². The van der Waals surface area contributed by atoms with Crippen LogP contribution in [0.15, 0.2) is 47.4 Å². The van der Waals surface area contributed by atoms with Gasteiger partial charge >= 0.3 is 0 Å². The third-order valence-corrected chi connectivity index (χ3v) is 6.92. The highest BCUT2D eigenvalue weighted by Gasteiger charge is 2.44. The molecule has 0 unspecified atom stereocenters. The Morgan fingerprint density at radius 3 is 2.50 bits per heavy atom. The van der Waals surface area contributed by atoms with Crippen molar-refractivity contribution < 1.29 is 18.0 Å². The van der Waals surface area contributed by atoms with E-state index in [1.54, 1.807) is 25.2 Å². The Labute approximate surface area is 151 Å². The highest BCUT2D eigenvalue weighted by atomic mass is 32.2. The maximum absolute atomic E-state index is 13.1. The van der Waals surface area contributed by atoms with Crippen molar-refractivity contribution in [1.29, 1.82) is 0 Å². The average molecular weight is 373 g/mol. The number of carbonyl (C=O) groups excluding carboxylic acids is 2. The van der Waals surface area contributed by atoms with Crippen LogP contribution < -0.4 is 0 Å². The largest absolute Gasteiger partial charge is 0.335 e. The zero-order valence-corrected chi connectivity index (χ0v) is 15.1. The zero-order valence-electron chi connectivity index (χ0n) is 14.3. The maximum Gasteiger partial charge on any atom is 0.246 e. The third kappa shape index (κ3) is 2.65. The predicted molar refractivity (Wildman–Crippen MR) is 95.8 cm³/mol. The molecule has 0 N–H and O–H groups in total. The van der Waals surface area contributed by atoms with E-state index in [0.29, 0.717) is 0 Å². The Morgan fingerprint density at radius 2 is 1.73 bits per heavy atom. The molecule has 2 amide bonds. The highest BCUT2D eigenvalue weighted by Crippen LogP contribution is 2.25. The summed E-state index contributed by atoms with van der Waals surface area (Å²) in [5.41, 5.74) is 0. The fraction of sp³-hybridized carbons (Fsp3) is 0.333. The summed E-state index contributed by atoms with van der Waals surface area (Å²) >= 11 is 0. The summed E-state index contributed by atoms with van der Waals surface area (Å²) in [6, 6.07) is 11.8. The molecule has 0 aromatic heterocycles. The molecule has 136 valence electrons. The molecule has 26 heavy (non-hydrogen) atoms. The molecular formula is C18H19N3O4S. The van der Waals surface area contributed by atoms with Crippen LogP contribution in [0, 0.1) is 0 Å². The number of amides is 2. The minimum Gasteiger partial charge on any atom is -0.335 e. The van der Waals surface area contributed by atoms with E-state index in [1.165, 1.54) is 14.1 Å². The monoisotopic (exact) mass is 373 g/mol. The van der Waals surface area contributed by atoms with E-state index in [-0.39, 0.29) is 42.9 Å². The zero-order chi connectivity index (χ0) is 18.5. The van der Waals surface area contributed by atoms with E-state index in [1.807, 2.05) is 24.3 Å². The van der Waals surface area contributed by atoms with Crippen molar-refractivity contribution in [2.24, 2.45) is 0 Å².